The van der Waals surface area contributed by atoms with E-state index >= 15 is 0 Å². The van der Waals surface area contributed by atoms with Crippen LogP contribution in [0.4, 0.5) is 11.6 Å². The third kappa shape index (κ3) is 3.97. The lowest BCUT2D eigenvalue weighted by molar-refractivity contribution is 0.100. The molecular formula is C21H17N5O3S. The number of nitrogens with zero attached hydrogens (tertiary/aromatic N) is 2. The number of sulfonamides is 1. The molecule has 1 aromatic heterocycles. The third-order valence-corrected chi connectivity index (χ3v) is 5.44. The number of nitrogens with one attached hydrogen (secondary N) is 1. The minimum absolute atomic E-state index is 0.0177. The zero-order valence-electron chi connectivity index (χ0n) is 15.6. The molecule has 0 radical (unpaired) electrons. The van der Waals surface area contributed by atoms with Crippen LogP contribution in [0.2, 0.25) is 0 Å². The van der Waals surface area contributed by atoms with Gasteiger partial charge in [-0.3, -0.25) is 4.79 Å². The normalized spacial score (nSPS) is 11.4. The van der Waals surface area contributed by atoms with Gasteiger partial charge in [-0.05, 0) is 42.0 Å². The lowest BCUT2D eigenvalue weighted by Gasteiger charge is -2.10. The molecule has 3 aromatic carbocycles. The summed E-state index contributed by atoms with van der Waals surface area (Å²) < 4.78 is 22.8. The molecule has 0 spiro atoms. The number of anilines is 2. The highest BCUT2D eigenvalue weighted by molar-refractivity contribution is 7.89. The Morgan fingerprint density at radius 1 is 0.967 bits per heavy atom. The predicted molar refractivity (Wildman–Crippen MR) is 115 cm³/mol. The number of benzene rings is 3. The first-order chi connectivity index (χ1) is 14.3. The van der Waals surface area contributed by atoms with Crippen molar-refractivity contribution in [3.8, 4) is 11.1 Å². The number of hydrogen-bond acceptors (Lipinski definition) is 6. The molecule has 0 aliphatic heterocycles. The Hall–Kier alpha value is -3.82. The number of rotatable bonds is 5. The van der Waals surface area contributed by atoms with Gasteiger partial charge in [-0.15, -0.1) is 0 Å². The molecule has 0 aliphatic carbocycles. The summed E-state index contributed by atoms with van der Waals surface area (Å²) in [5, 5.41) is 9.00. The van der Waals surface area contributed by atoms with Gasteiger partial charge in [-0.1, -0.05) is 30.3 Å². The highest BCUT2D eigenvalue weighted by Gasteiger charge is 2.11. The fourth-order valence-corrected chi connectivity index (χ4v) is 3.56. The molecule has 0 saturated heterocycles. The maximum atomic E-state index is 11.5. The van der Waals surface area contributed by atoms with Crippen LogP contribution in [-0.4, -0.2) is 24.3 Å². The molecule has 0 fully saturated rings. The minimum Gasteiger partial charge on any atom is -0.366 e. The number of hydrogen-bond donors (Lipinski definition) is 3. The van der Waals surface area contributed by atoms with Gasteiger partial charge < -0.3 is 11.1 Å². The molecule has 4 aromatic rings. The number of amides is 1. The summed E-state index contributed by atoms with van der Waals surface area (Å²) in [6, 6.07) is 18.7. The standard InChI is InChI=1S/C21H17N5O3S/c22-20(27)14-4-1-3-13(11-14)18-6-2-5-15-12-24-21(26-19(15)18)25-16-7-9-17(10-8-16)30(23,28)29/h1-12H,(H2,22,27)(H2,23,28,29)(H,24,25,26). The quantitative estimate of drug-likeness (QED) is 0.454. The summed E-state index contributed by atoms with van der Waals surface area (Å²) in [4.78, 5) is 20.5. The zero-order valence-corrected chi connectivity index (χ0v) is 16.4. The monoisotopic (exact) mass is 419 g/mol. The summed E-state index contributed by atoms with van der Waals surface area (Å²) in [5.74, 6) is -0.165. The second kappa shape index (κ2) is 7.54. The Morgan fingerprint density at radius 2 is 1.70 bits per heavy atom. The van der Waals surface area contributed by atoms with Gasteiger partial charge in [0.15, 0.2) is 0 Å². The summed E-state index contributed by atoms with van der Waals surface area (Å²) in [5.41, 5.74) is 8.74. The van der Waals surface area contributed by atoms with E-state index in [0.717, 1.165) is 16.5 Å². The smallest absolute Gasteiger partial charge is 0.248 e. The fourth-order valence-electron chi connectivity index (χ4n) is 3.05. The Kier molecular flexibility index (Phi) is 4.90. The first-order valence-electron chi connectivity index (χ1n) is 8.87. The molecule has 4 rings (SSSR count). The molecule has 0 aliphatic rings. The molecular weight excluding hydrogens is 402 g/mol. The molecule has 1 amide bonds. The average molecular weight is 419 g/mol. The largest absolute Gasteiger partial charge is 0.366 e. The first kappa shape index (κ1) is 19.5. The maximum absolute atomic E-state index is 11.5. The third-order valence-electron chi connectivity index (χ3n) is 4.51. The van der Waals surface area contributed by atoms with Crippen molar-refractivity contribution in [2.75, 3.05) is 5.32 Å². The maximum Gasteiger partial charge on any atom is 0.248 e. The van der Waals surface area contributed by atoms with Crippen molar-refractivity contribution in [2.45, 2.75) is 4.90 Å². The van der Waals surface area contributed by atoms with Crippen LogP contribution in [-0.2, 0) is 10.0 Å². The van der Waals surface area contributed by atoms with E-state index in [1.165, 1.54) is 12.1 Å². The summed E-state index contributed by atoms with van der Waals surface area (Å²) >= 11 is 0. The molecule has 5 N–H and O–H groups in total. The number of nitrogens with two attached hydrogens (primary N) is 2. The van der Waals surface area contributed by atoms with Crippen LogP contribution in [0.5, 0.6) is 0 Å². The van der Waals surface area contributed by atoms with E-state index in [0.29, 0.717) is 22.7 Å². The second-order valence-electron chi connectivity index (χ2n) is 6.58. The molecule has 0 unspecified atom stereocenters. The van der Waals surface area contributed by atoms with Gasteiger partial charge in [-0.25, -0.2) is 23.5 Å². The van der Waals surface area contributed by atoms with Crippen molar-refractivity contribution in [3.63, 3.8) is 0 Å². The molecule has 150 valence electrons. The van der Waals surface area contributed by atoms with Crippen LogP contribution in [0.15, 0.2) is 77.8 Å². The molecule has 1 heterocycles. The van der Waals surface area contributed by atoms with Crippen molar-refractivity contribution in [2.24, 2.45) is 10.9 Å². The molecule has 0 saturated carbocycles. The highest BCUT2D eigenvalue weighted by Crippen LogP contribution is 2.29. The zero-order chi connectivity index (χ0) is 21.3. The van der Waals surface area contributed by atoms with Crippen LogP contribution in [0, 0.1) is 0 Å². The van der Waals surface area contributed by atoms with Gasteiger partial charge in [0.2, 0.25) is 21.9 Å². The van der Waals surface area contributed by atoms with E-state index in [4.69, 9.17) is 10.9 Å². The van der Waals surface area contributed by atoms with E-state index in [1.807, 2.05) is 24.3 Å². The Morgan fingerprint density at radius 3 is 2.40 bits per heavy atom. The molecule has 0 atom stereocenters. The number of primary sulfonamides is 1. The first-order valence-corrected chi connectivity index (χ1v) is 10.4. The van der Waals surface area contributed by atoms with Crippen molar-refractivity contribution < 1.29 is 13.2 Å². The van der Waals surface area contributed by atoms with E-state index in [1.54, 1.807) is 36.5 Å². The van der Waals surface area contributed by atoms with Crippen LogP contribution in [0.3, 0.4) is 0 Å². The fraction of sp³-hybridized carbons (Fsp3) is 0. The van der Waals surface area contributed by atoms with Gasteiger partial charge >= 0.3 is 0 Å². The van der Waals surface area contributed by atoms with Crippen LogP contribution < -0.4 is 16.2 Å². The van der Waals surface area contributed by atoms with E-state index < -0.39 is 15.9 Å². The lowest BCUT2D eigenvalue weighted by Crippen LogP contribution is -2.11. The van der Waals surface area contributed by atoms with Gasteiger partial charge in [0.05, 0.1) is 10.4 Å². The lowest BCUT2D eigenvalue weighted by atomic mass is 10.0. The summed E-state index contributed by atoms with van der Waals surface area (Å²) in [6.07, 6.45) is 1.69. The van der Waals surface area contributed by atoms with E-state index in [9.17, 15) is 13.2 Å². The van der Waals surface area contributed by atoms with Crippen LogP contribution in [0.25, 0.3) is 22.0 Å². The van der Waals surface area contributed by atoms with E-state index in [-0.39, 0.29) is 4.90 Å². The van der Waals surface area contributed by atoms with Gasteiger partial charge in [-0.2, -0.15) is 0 Å². The summed E-state index contributed by atoms with van der Waals surface area (Å²) in [7, 11) is -3.76. The van der Waals surface area contributed by atoms with Crippen molar-refractivity contribution in [3.05, 3.63) is 78.5 Å². The molecule has 8 nitrogen and oxygen atoms in total. The number of fused-ring (bicyclic) bond motifs is 1. The van der Waals surface area contributed by atoms with Gasteiger partial charge in [0.1, 0.15) is 0 Å². The topological polar surface area (TPSA) is 141 Å². The number of carbonyl (C=O) groups excluding carboxylic acids is 1. The van der Waals surface area contributed by atoms with Crippen molar-refractivity contribution >= 4 is 38.5 Å². The number of para-hydroxylation sites is 1. The second-order valence-corrected chi connectivity index (χ2v) is 8.14. The number of aromatic nitrogens is 2. The molecule has 0 bridgehead atoms. The SMILES string of the molecule is NC(=O)c1cccc(-c2cccc3cnc(Nc4ccc(S(N)(=O)=O)cc4)nc23)c1. The number of primary amides is 1. The van der Waals surface area contributed by atoms with Crippen LogP contribution >= 0.6 is 0 Å². The van der Waals surface area contributed by atoms with Crippen LogP contribution in [0.1, 0.15) is 10.4 Å². The Labute approximate surface area is 172 Å². The summed E-state index contributed by atoms with van der Waals surface area (Å²) in [6.45, 7) is 0. The Balaban J connectivity index is 1.73. The average Bonchev–Trinajstić information content (AvgIpc) is 2.73. The molecule has 30 heavy (non-hydrogen) atoms. The van der Waals surface area contributed by atoms with E-state index in [2.05, 4.69) is 15.3 Å². The number of carbonyl (C=O) groups is 1. The predicted octanol–water partition coefficient (Wildman–Crippen LogP) is 2.79. The van der Waals surface area contributed by atoms with Gasteiger partial charge in [0, 0.05) is 28.4 Å². The minimum atomic E-state index is -3.76. The Bertz CT molecular complexity index is 1370. The molecule has 9 heteroatoms. The highest BCUT2D eigenvalue weighted by atomic mass is 32.2. The van der Waals surface area contributed by atoms with Gasteiger partial charge in [0.25, 0.3) is 0 Å². The van der Waals surface area contributed by atoms with Crippen molar-refractivity contribution in [1.29, 1.82) is 0 Å². The van der Waals surface area contributed by atoms with Crippen molar-refractivity contribution in [1.82, 2.24) is 9.97 Å².